The van der Waals surface area contributed by atoms with Gasteiger partial charge in [0.05, 0.1) is 17.0 Å². The van der Waals surface area contributed by atoms with Crippen LogP contribution in [0.3, 0.4) is 0 Å². The number of anilines is 1. The van der Waals surface area contributed by atoms with E-state index in [9.17, 15) is 14.9 Å². The molecule has 0 aliphatic carbocycles. The maximum atomic E-state index is 12.4. The molecule has 0 radical (unpaired) electrons. The number of para-hydroxylation sites is 2. The summed E-state index contributed by atoms with van der Waals surface area (Å²) in [4.78, 5) is 24.2. The van der Waals surface area contributed by atoms with Crippen molar-refractivity contribution in [1.29, 1.82) is 0 Å². The Morgan fingerprint density at radius 1 is 1.16 bits per heavy atom. The summed E-state index contributed by atoms with van der Waals surface area (Å²) >= 11 is 0. The second-order valence-electron chi connectivity index (χ2n) is 6.10. The topological polar surface area (TPSA) is 76.7 Å². The van der Waals surface area contributed by atoms with Crippen LogP contribution < -0.4 is 10.2 Å². The van der Waals surface area contributed by atoms with E-state index in [-0.39, 0.29) is 23.1 Å². The van der Waals surface area contributed by atoms with Gasteiger partial charge in [0.15, 0.2) is 6.54 Å². The van der Waals surface area contributed by atoms with Crippen molar-refractivity contribution >= 4 is 17.3 Å². The Hall–Kier alpha value is -2.73. The summed E-state index contributed by atoms with van der Waals surface area (Å²) in [7, 11) is 0. The number of nitro groups is 1. The van der Waals surface area contributed by atoms with Crippen molar-refractivity contribution < 1.29 is 14.6 Å². The SMILES string of the molecule is CCC[NH+](CC(=O)Nc1ccccc1C)Cc1ccccc1[N+](=O)[O-]. The van der Waals surface area contributed by atoms with Gasteiger partial charge in [-0.15, -0.1) is 0 Å². The number of aryl methyl sites for hydroxylation is 1. The lowest BCUT2D eigenvalue weighted by atomic mass is 10.1. The standard InChI is InChI=1S/C19H23N3O3/c1-3-12-21(13-16-9-5-7-11-18(16)22(24)25)14-19(23)20-17-10-6-4-8-15(17)2/h4-11H,3,12-14H2,1-2H3,(H,20,23)/p+1. The summed E-state index contributed by atoms with van der Waals surface area (Å²) in [6, 6.07) is 14.3. The third kappa shape index (κ3) is 5.39. The van der Waals surface area contributed by atoms with E-state index in [1.54, 1.807) is 18.2 Å². The van der Waals surface area contributed by atoms with Crippen molar-refractivity contribution in [3.8, 4) is 0 Å². The van der Waals surface area contributed by atoms with Crippen molar-refractivity contribution in [1.82, 2.24) is 0 Å². The van der Waals surface area contributed by atoms with Gasteiger partial charge < -0.3 is 10.2 Å². The number of amides is 1. The minimum absolute atomic E-state index is 0.0867. The molecular weight excluding hydrogens is 318 g/mol. The highest BCUT2D eigenvalue weighted by molar-refractivity contribution is 5.92. The number of rotatable bonds is 8. The van der Waals surface area contributed by atoms with Crippen LogP contribution in [-0.2, 0) is 11.3 Å². The normalized spacial score (nSPS) is 11.8. The third-order valence-corrected chi connectivity index (χ3v) is 4.06. The van der Waals surface area contributed by atoms with Gasteiger partial charge >= 0.3 is 0 Å². The van der Waals surface area contributed by atoms with E-state index < -0.39 is 0 Å². The zero-order valence-corrected chi connectivity index (χ0v) is 14.6. The van der Waals surface area contributed by atoms with Gasteiger partial charge in [0, 0.05) is 11.8 Å². The number of carbonyl (C=O) groups excluding carboxylic acids is 1. The summed E-state index contributed by atoms with van der Waals surface area (Å²) in [6.07, 6.45) is 0.896. The predicted molar refractivity (Wildman–Crippen MR) is 97.6 cm³/mol. The Bertz CT molecular complexity index is 746. The van der Waals surface area contributed by atoms with E-state index in [1.165, 1.54) is 6.07 Å². The molecule has 2 rings (SSSR count). The number of hydrogen-bond acceptors (Lipinski definition) is 3. The summed E-state index contributed by atoms with van der Waals surface area (Å²) in [5.74, 6) is -0.0867. The van der Waals surface area contributed by atoms with Gasteiger partial charge in [-0.3, -0.25) is 14.9 Å². The van der Waals surface area contributed by atoms with Crippen LogP contribution in [0.15, 0.2) is 48.5 Å². The molecule has 1 amide bonds. The molecule has 132 valence electrons. The van der Waals surface area contributed by atoms with E-state index in [2.05, 4.69) is 5.32 Å². The first-order valence-electron chi connectivity index (χ1n) is 8.42. The fourth-order valence-electron chi connectivity index (χ4n) is 2.84. The van der Waals surface area contributed by atoms with Crippen molar-refractivity contribution in [2.75, 3.05) is 18.4 Å². The Morgan fingerprint density at radius 2 is 1.84 bits per heavy atom. The first kappa shape index (κ1) is 18.6. The van der Waals surface area contributed by atoms with Crippen LogP contribution in [0.25, 0.3) is 0 Å². The van der Waals surface area contributed by atoms with Gasteiger partial charge in [0.2, 0.25) is 0 Å². The van der Waals surface area contributed by atoms with E-state index in [1.807, 2.05) is 38.1 Å². The number of quaternary nitrogens is 1. The molecule has 0 aliphatic heterocycles. The number of nitrogens with zero attached hydrogens (tertiary/aromatic N) is 1. The fourth-order valence-corrected chi connectivity index (χ4v) is 2.84. The summed E-state index contributed by atoms with van der Waals surface area (Å²) in [6.45, 7) is 5.48. The van der Waals surface area contributed by atoms with Crippen LogP contribution in [0, 0.1) is 17.0 Å². The highest BCUT2D eigenvalue weighted by Crippen LogP contribution is 2.16. The fraction of sp³-hybridized carbons (Fsp3) is 0.316. The molecule has 0 heterocycles. The second kappa shape index (κ2) is 8.94. The lowest BCUT2D eigenvalue weighted by Gasteiger charge is -2.19. The zero-order chi connectivity index (χ0) is 18.2. The predicted octanol–water partition coefficient (Wildman–Crippen LogP) is 2.34. The van der Waals surface area contributed by atoms with Crippen LogP contribution >= 0.6 is 0 Å². The summed E-state index contributed by atoms with van der Waals surface area (Å²) in [5.41, 5.74) is 2.57. The van der Waals surface area contributed by atoms with Crippen molar-refractivity contribution in [3.05, 3.63) is 69.8 Å². The monoisotopic (exact) mass is 342 g/mol. The Labute approximate surface area is 147 Å². The number of benzene rings is 2. The Kier molecular flexibility index (Phi) is 6.65. The van der Waals surface area contributed by atoms with Crippen molar-refractivity contribution in [3.63, 3.8) is 0 Å². The van der Waals surface area contributed by atoms with Gasteiger partial charge in [-0.25, -0.2) is 0 Å². The smallest absolute Gasteiger partial charge is 0.279 e. The molecule has 0 fully saturated rings. The Morgan fingerprint density at radius 3 is 2.52 bits per heavy atom. The summed E-state index contributed by atoms with van der Waals surface area (Å²) < 4.78 is 0. The second-order valence-corrected chi connectivity index (χ2v) is 6.10. The van der Waals surface area contributed by atoms with E-state index in [0.717, 1.165) is 29.1 Å². The minimum atomic E-state index is -0.369. The maximum absolute atomic E-state index is 12.4. The molecule has 1 atom stereocenters. The van der Waals surface area contributed by atoms with Crippen LogP contribution in [0.1, 0.15) is 24.5 Å². The Balaban J connectivity index is 2.07. The van der Waals surface area contributed by atoms with Gasteiger partial charge in [0.25, 0.3) is 11.6 Å². The van der Waals surface area contributed by atoms with E-state index in [0.29, 0.717) is 12.1 Å². The minimum Gasteiger partial charge on any atom is -0.323 e. The molecule has 0 spiro atoms. The molecule has 0 aliphatic rings. The van der Waals surface area contributed by atoms with Gasteiger partial charge in [-0.1, -0.05) is 37.3 Å². The first-order valence-corrected chi connectivity index (χ1v) is 8.42. The van der Waals surface area contributed by atoms with Crippen molar-refractivity contribution in [2.45, 2.75) is 26.8 Å². The zero-order valence-electron chi connectivity index (χ0n) is 14.6. The number of nitrogens with one attached hydrogen (secondary N) is 2. The molecule has 6 heteroatoms. The molecule has 25 heavy (non-hydrogen) atoms. The molecule has 0 saturated carbocycles. The molecule has 1 unspecified atom stereocenters. The molecule has 0 saturated heterocycles. The van der Waals surface area contributed by atoms with Gasteiger partial charge in [0.1, 0.15) is 6.54 Å². The quantitative estimate of drug-likeness (QED) is 0.571. The third-order valence-electron chi connectivity index (χ3n) is 4.06. The van der Waals surface area contributed by atoms with Crippen LogP contribution in [-0.4, -0.2) is 23.9 Å². The number of carbonyl (C=O) groups is 1. The summed E-state index contributed by atoms with van der Waals surface area (Å²) in [5, 5.41) is 14.1. The van der Waals surface area contributed by atoms with Crippen LogP contribution in [0.5, 0.6) is 0 Å². The number of nitro benzene ring substituents is 1. The lowest BCUT2D eigenvalue weighted by molar-refractivity contribution is -0.905. The largest absolute Gasteiger partial charge is 0.323 e. The molecule has 2 aromatic carbocycles. The van der Waals surface area contributed by atoms with Crippen molar-refractivity contribution in [2.24, 2.45) is 0 Å². The molecule has 2 N–H and O–H groups in total. The lowest BCUT2D eigenvalue weighted by Crippen LogP contribution is -3.11. The van der Waals surface area contributed by atoms with Crippen LogP contribution in [0.4, 0.5) is 11.4 Å². The van der Waals surface area contributed by atoms with Gasteiger partial charge in [-0.05, 0) is 31.0 Å². The maximum Gasteiger partial charge on any atom is 0.279 e. The highest BCUT2D eigenvalue weighted by atomic mass is 16.6. The van der Waals surface area contributed by atoms with E-state index in [4.69, 9.17) is 0 Å². The molecular formula is C19H24N3O3+. The van der Waals surface area contributed by atoms with Gasteiger partial charge in [-0.2, -0.15) is 0 Å². The van der Waals surface area contributed by atoms with Crippen LogP contribution in [0.2, 0.25) is 0 Å². The van der Waals surface area contributed by atoms with E-state index >= 15 is 0 Å². The first-order chi connectivity index (χ1) is 12.0. The molecule has 0 bridgehead atoms. The molecule has 2 aromatic rings. The number of hydrogen-bond donors (Lipinski definition) is 2. The average Bonchev–Trinajstić information content (AvgIpc) is 2.57. The molecule has 6 nitrogen and oxygen atoms in total. The molecule has 0 aromatic heterocycles. The highest BCUT2D eigenvalue weighted by Gasteiger charge is 2.20. The average molecular weight is 342 g/mol.